The Bertz CT molecular complexity index is 512. The summed E-state index contributed by atoms with van der Waals surface area (Å²) >= 11 is 0. The number of halogens is 1. The molecule has 0 saturated carbocycles. The number of nitrogens with zero attached hydrogens (tertiary/aromatic N) is 2. The van der Waals surface area contributed by atoms with Crippen LogP contribution in [-0.4, -0.2) is 43.1 Å². The van der Waals surface area contributed by atoms with E-state index in [0.717, 1.165) is 25.9 Å². The summed E-state index contributed by atoms with van der Waals surface area (Å²) < 4.78 is 10.4. The Labute approximate surface area is 137 Å². The predicted molar refractivity (Wildman–Crippen MR) is 88.7 cm³/mol. The minimum Gasteiger partial charge on any atom is -0.493 e. The van der Waals surface area contributed by atoms with Crippen LogP contribution in [0.2, 0.25) is 0 Å². The molecule has 1 fully saturated rings. The van der Waals surface area contributed by atoms with Crippen molar-refractivity contribution in [2.75, 3.05) is 27.3 Å². The van der Waals surface area contributed by atoms with Crippen LogP contribution in [0.25, 0.3) is 6.08 Å². The van der Waals surface area contributed by atoms with E-state index in [0.29, 0.717) is 17.2 Å². The van der Waals surface area contributed by atoms with Crippen molar-refractivity contribution < 1.29 is 14.3 Å². The van der Waals surface area contributed by atoms with Crippen LogP contribution in [0, 0.1) is 0 Å². The second-order valence-corrected chi connectivity index (χ2v) is 5.04. The third kappa shape index (κ3) is 4.91. The number of aromatic nitrogens is 1. The van der Waals surface area contributed by atoms with Crippen LogP contribution in [-0.2, 0) is 4.79 Å². The van der Waals surface area contributed by atoms with Gasteiger partial charge in [-0.25, -0.2) is 0 Å². The van der Waals surface area contributed by atoms with E-state index in [1.807, 2.05) is 4.90 Å². The Morgan fingerprint density at radius 1 is 1.14 bits per heavy atom. The largest absolute Gasteiger partial charge is 0.493 e. The van der Waals surface area contributed by atoms with E-state index in [2.05, 4.69) is 4.98 Å². The van der Waals surface area contributed by atoms with E-state index in [1.165, 1.54) is 12.8 Å². The van der Waals surface area contributed by atoms with Gasteiger partial charge in [-0.15, -0.1) is 12.4 Å². The first-order valence-corrected chi connectivity index (χ1v) is 7.29. The Hall–Kier alpha value is -1.75. The lowest BCUT2D eigenvalue weighted by molar-refractivity contribution is -0.125. The highest BCUT2D eigenvalue weighted by molar-refractivity contribution is 5.91. The maximum Gasteiger partial charge on any atom is 0.246 e. The van der Waals surface area contributed by atoms with E-state index < -0.39 is 0 Å². The Morgan fingerprint density at radius 2 is 1.77 bits per heavy atom. The van der Waals surface area contributed by atoms with Crippen LogP contribution in [0.3, 0.4) is 0 Å². The number of carbonyl (C=O) groups excluding carboxylic acids is 1. The number of hydrogen-bond donors (Lipinski definition) is 0. The number of methoxy groups -OCH3 is 2. The molecule has 0 radical (unpaired) electrons. The summed E-state index contributed by atoms with van der Waals surface area (Å²) in [6.45, 7) is 1.70. The number of hydrogen-bond acceptors (Lipinski definition) is 4. The molecular weight excluding hydrogens is 304 g/mol. The van der Waals surface area contributed by atoms with Gasteiger partial charge in [0.15, 0.2) is 11.5 Å². The average Bonchev–Trinajstić information content (AvgIpc) is 2.81. The van der Waals surface area contributed by atoms with Gasteiger partial charge in [-0.2, -0.15) is 0 Å². The second-order valence-electron chi connectivity index (χ2n) is 5.04. The number of rotatable bonds is 4. The highest BCUT2D eigenvalue weighted by Crippen LogP contribution is 2.26. The van der Waals surface area contributed by atoms with Crippen molar-refractivity contribution in [1.82, 2.24) is 9.88 Å². The van der Waals surface area contributed by atoms with Crippen molar-refractivity contribution in [2.24, 2.45) is 0 Å². The fourth-order valence-electron chi connectivity index (χ4n) is 2.40. The molecule has 0 atom stereocenters. The van der Waals surface area contributed by atoms with Gasteiger partial charge in [-0.1, -0.05) is 12.8 Å². The molecule has 5 nitrogen and oxygen atoms in total. The van der Waals surface area contributed by atoms with Crippen molar-refractivity contribution in [3.8, 4) is 11.5 Å². The molecule has 122 valence electrons. The van der Waals surface area contributed by atoms with Gasteiger partial charge in [-0.3, -0.25) is 9.78 Å². The smallest absolute Gasteiger partial charge is 0.246 e. The SMILES string of the molecule is COc1cnc(C=CC(=O)N2CCCCCC2)cc1OC.Cl. The first-order chi connectivity index (χ1) is 10.2. The minimum atomic E-state index is 0. The van der Waals surface area contributed by atoms with Gasteiger partial charge in [0.25, 0.3) is 0 Å². The van der Waals surface area contributed by atoms with Crippen LogP contribution in [0.4, 0.5) is 0 Å². The highest BCUT2D eigenvalue weighted by atomic mass is 35.5. The normalized spacial score (nSPS) is 15.1. The fraction of sp³-hybridized carbons (Fsp3) is 0.500. The van der Waals surface area contributed by atoms with Crippen molar-refractivity contribution in [3.05, 3.63) is 24.0 Å². The molecule has 22 heavy (non-hydrogen) atoms. The van der Waals surface area contributed by atoms with Crippen LogP contribution in [0.1, 0.15) is 31.4 Å². The number of carbonyl (C=O) groups is 1. The summed E-state index contributed by atoms with van der Waals surface area (Å²) in [5.41, 5.74) is 0.677. The van der Waals surface area contributed by atoms with Gasteiger partial charge < -0.3 is 14.4 Å². The summed E-state index contributed by atoms with van der Waals surface area (Å²) in [4.78, 5) is 18.3. The molecule has 1 aromatic rings. The lowest BCUT2D eigenvalue weighted by Gasteiger charge is -2.17. The lowest BCUT2D eigenvalue weighted by Crippen LogP contribution is -2.30. The molecule has 2 rings (SSSR count). The fourth-order valence-corrected chi connectivity index (χ4v) is 2.40. The molecule has 2 heterocycles. The average molecular weight is 327 g/mol. The maximum atomic E-state index is 12.2. The van der Waals surface area contributed by atoms with Crippen LogP contribution >= 0.6 is 12.4 Å². The molecule has 0 unspecified atom stereocenters. The highest BCUT2D eigenvalue weighted by Gasteiger charge is 2.13. The van der Waals surface area contributed by atoms with Crippen LogP contribution < -0.4 is 9.47 Å². The molecule has 1 aliphatic heterocycles. The summed E-state index contributed by atoms with van der Waals surface area (Å²) in [5, 5.41) is 0. The number of likely N-dealkylation sites (tertiary alicyclic amines) is 1. The second kappa shape index (κ2) is 9.30. The number of pyridine rings is 1. The van der Waals surface area contributed by atoms with Gasteiger partial charge >= 0.3 is 0 Å². The third-order valence-corrected chi connectivity index (χ3v) is 3.61. The topological polar surface area (TPSA) is 51.7 Å². The quantitative estimate of drug-likeness (QED) is 0.798. The molecule has 6 heteroatoms. The van der Waals surface area contributed by atoms with E-state index in [1.54, 1.807) is 38.6 Å². The molecule has 0 bridgehead atoms. The van der Waals surface area contributed by atoms with Gasteiger partial charge in [-0.05, 0) is 18.9 Å². The zero-order valence-corrected chi connectivity index (χ0v) is 13.9. The van der Waals surface area contributed by atoms with Gasteiger partial charge in [0.2, 0.25) is 5.91 Å². The molecule has 1 saturated heterocycles. The van der Waals surface area contributed by atoms with E-state index in [4.69, 9.17) is 9.47 Å². The first kappa shape index (κ1) is 18.3. The molecule has 1 aliphatic rings. The van der Waals surface area contributed by atoms with E-state index in [-0.39, 0.29) is 18.3 Å². The molecule has 1 aromatic heterocycles. The van der Waals surface area contributed by atoms with Crippen molar-refractivity contribution in [2.45, 2.75) is 25.7 Å². The molecule has 0 N–H and O–H groups in total. The molecule has 0 aromatic carbocycles. The summed E-state index contributed by atoms with van der Waals surface area (Å²) in [5.74, 6) is 1.23. The number of ether oxygens (including phenoxy) is 2. The molecule has 0 aliphatic carbocycles. The summed E-state index contributed by atoms with van der Waals surface area (Å²) in [6.07, 6.45) is 9.50. The van der Waals surface area contributed by atoms with Crippen LogP contribution in [0.15, 0.2) is 18.3 Å². The van der Waals surface area contributed by atoms with Crippen molar-refractivity contribution in [1.29, 1.82) is 0 Å². The van der Waals surface area contributed by atoms with Crippen LogP contribution in [0.5, 0.6) is 11.5 Å². The molecular formula is C16H23ClN2O3. The Morgan fingerprint density at radius 3 is 2.36 bits per heavy atom. The maximum absolute atomic E-state index is 12.2. The van der Waals surface area contributed by atoms with E-state index in [9.17, 15) is 4.79 Å². The zero-order valence-electron chi connectivity index (χ0n) is 13.1. The molecule has 1 amide bonds. The number of amides is 1. The van der Waals surface area contributed by atoms with Crippen molar-refractivity contribution in [3.63, 3.8) is 0 Å². The Kier molecular flexibility index (Phi) is 7.74. The standard InChI is InChI=1S/C16H22N2O3.ClH/c1-20-14-11-13(17-12-15(14)21-2)7-8-16(19)18-9-5-3-4-6-10-18;/h7-8,11-12H,3-6,9-10H2,1-2H3;1H. The predicted octanol–water partition coefficient (Wildman–Crippen LogP) is 2.94. The van der Waals surface area contributed by atoms with Gasteiger partial charge in [0, 0.05) is 25.2 Å². The summed E-state index contributed by atoms with van der Waals surface area (Å²) in [6, 6.07) is 1.75. The van der Waals surface area contributed by atoms with E-state index >= 15 is 0 Å². The van der Waals surface area contributed by atoms with Crippen molar-refractivity contribution >= 4 is 24.4 Å². The van der Waals surface area contributed by atoms with Gasteiger partial charge in [0.1, 0.15) is 0 Å². The van der Waals surface area contributed by atoms with Gasteiger partial charge in [0.05, 0.1) is 26.1 Å². The third-order valence-electron chi connectivity index (χ3n) is 3.61. The monoisotopic (exact) mass is 326 g/mol. The first-order valence-electron chi connectivity index (χ1n) is 7.29. The minimum absolute atomic E-state index is 0. The summed E-state index contributed by atoms with van der Waals surface area (Å²) in [7, 11) is 3.14. The Balaban J connectivity index is 0.00000242. The zero-order chi connectivity index (χ0) is 15.1. The molecule has 0 spiro atoms. The lowest BCUT2D eigenvalue weighted by atomic mass is 10.2.